The average Bonchev–Trinajstić information content (AvgIpc) is 2.74. The maximum Gasteiger partial charge on any atom is 0.225 e. The Hall–Kier alpha value is -2.41. The van der Waals surface area contributed by atoms with Crippen molar-refractivity contribution in [2.24, 2.45) is 0 Å². The fourth-order valence-electron chi connectivity index (χ4n) is 1.61. The fourth-order valence-corrected chi connectivity index (χ4v) is 1.61. The topological polar surface area (TPSA) is 119 Å². The number of hydrogen-bond acceptors (Lipinski definition) is 6. The first-order valence-electron chi connectivity index (χ1n) is 4.93. The van der Waals surface area contributed by atoms with Gasteiger partial charge in [-0.15, -0.1) is 12.4 Å². The summed E-state index contributed by atoms with van der Waals surface area (Å²) in [6, 6.07) is 5.69. The van der Waals surface area contributed by atoms with Crippen molar-refractivity contribution >= 4 is 35.2 Å². The Bertz CT molecular complexity index is 673. The van der Waals surface area contributed by atoms with Gasteiger partial charge in [0.15, 0.2) is 5.82 Å². The number of nitrogens with one attached hydrogen (secondary N) is 1. The number of hydrogen-bond donors (Lipinski definition) is 3. The quantitative estimate of drug-likeness (QED) is 0.602. The van der Waals surface area contributed by atoms with Crippen LogP contribution in [0.25, 0.3) is 22.3 Å². The Labute approximate surface area is 108 Å². The number of aromatic nitrogens is 5. The Balaban J connectivity index is 0.00000120. The van der Waals surface area contributed by atoms with Crippen LogP contribution in [0.2, 0.25) is 0 Å². The summed E-state index contributed by atoms with van der Waals surface area (Å²) >= 11 is 0. The van der Waals surface area contributed by atoms with Crippen molar-refractivity contribution in [1.29, 1.82) is 0 Å². The summed E-state index contributed by atoms with van der Waals surface area (Å²) < 4.78 is 0. The minimum Gasteiger partial charge on any atom is -0.368 e. The summed E-state index contributed by atoms with van der Waals surface area (Å²) in [4.78, 5) is 11.8. The van der Waals surface area contributed by atoms with E-state index in [2.05, 4.69) is 25.1 Å². The van der Waals surface area contributed by atoms with E-state index in [1.165, 1.54) is 0 Å². The van der Waals surface area contributed by atoms with E-state index in [0.29, 0.717) is 5.82 Å². The number of nitrogens with two attached hydrogens (primary N) is 2. The van der Waals surface area contributed by atoms with Gasteiger partial charge in [-0.1, -0.05) is 12.1 Å². The molecule has 7 nitrogen and oxygen atoms in total. The molecule has 0 bridgehead atoms. The number of aromatic amines is 1. The van der Waals surface area contributed by atoms with Crippen LogP contribution >= 0.6 is 12.4 Å². The number of benzene rings is 1. The Morgan fingerprint density at radius 1 is 1.00 bits per heavy atom. The number of H-pyrrole nitrogens is 1. The summed E-state index contributed by atoms with van der Waals surface area (Å²) in [6.07, 6.45) is 1.75. The molecule has 1 aromatic carbocycles. The molecule has 0 spiro atoms. The van der Waals surface area contributed by atoms with Crippen molar-refractivity contribution in [3.8, 4) is 11.4 Å². The van der Waals surface area contributed by atoms with Crippen molar-refractivity contribution in [1.82, 2.24) is 25.1 Å². The number of nitrogens with zero attached hydrogens (tertiary/aromatic N) is 4. The van der Waals surface area contributed by atoms with Gasteiger partial charge in [-0.25, -0.2) is 0 Å². The van der Waals surface area contributed by atoms with Gasteiger partial charge in [0.25, 0.3) is 0 Å². The molecule has 0 unspecified atom stereocenters. The lowest BCUT2D eigenvalue weighted by molar-refractivity contribution is 1.09. The highest BCUT2D eigenvalue weighted by atomic mass is 35.5. The highest BCUT2D eigenvalue weighted by Gasteiger charge is 2.06. The number of rotatable bonds is 1. The number of anilines is 2. The van der Waals surface area contributed by atoms with Crippen LogP contribution < -0.4 is 11.5 Å². The van der Waals surface area contributed by atoms with Gasteiger partial charge in [0.2, 0.25) is 11.9 Å². The highest BCUT2D eigenvalue weighted by molar-refractivity contribution is 5.85. The first kappa shape index (κ1) is 12.1. The van der Waals surface area contributed by atoms with Gasteiger partial charge in [0.1, 0.15) is 0 Å². The molecule has 18 heavy (non-hydrogen) atoms. The van der Waals surface area contributed by atoms with Gasteiger partial charge in [-0.05, 0) is 6.07 Å². The highest BCUT2D eigenvalue weighted by Crippen LogP contribution is 2.20. The van der Waals surface area contributed by atoms with E-state index >= 15 is 0 Å². The summed E-state index contributed by atoms with van der Waals surface area (Å²) in [5.41, 5.74) is 12.8. The molecule has 0 aliphatic heterocycles. The minimum absolute atomic E-state index is 0. The molecule has 3 rings (SSSR count). The minimum atomic E-state index is 0. The Kier molecular flexibility index (Phi) is 2.99. The second kappa shape index (κ2) is 4.46. The van der Waals surface area contributed by atoms with E-state index in [1.807, 2.05) is 18.2 Å². The normalized spacial score (nSPS) is 10.2. The first-order valence-corrected chi connectivity index (χ1v) is 4.93. The van der Waals surface area contributed by atoms with Crippen molar-refractivity contribution in [2.75, 3.05) is 11.5 Å². The molecule has 0 radical (unpaired) electrons. The third-order valence-corrected chi connectivity index (χ3v) is 2.37. The number of halogens is 1. The van der Waals surface area contributed by atoms with Crippen LogP contribution in [-0.4, -0.2) is 25.1 Å². The van der Waals surface area contributed by atoms with E-state index in [1.54, 1.807) is 6.20 Å². The number of nitrogen functional groups attached to an aromatic ring is 2. The van der Waals surface area contributed by atoms with Crippen molar-refractivity contribution in [3.63, 3.8) is 0 Å². The van der Waals surface area contributed by atoms with Gasteiger partial charge in [0.05, 0.1) is 11.7 Å². The van der Waals surface area contributed by atoms with E-state index in [9.17, 15) is 0 Å². The molecule has 5 N–H and O–H groups in total. The zero-order valence-corrected chi connectivity index (χ0v) is 9.98. The fraction of sp³-hybridized carbons (Fsp3) is 0. The molecule has 3 aromatic rings. The van der Waals surface area contributed by atoms with Crippen LogP contribution in [-0.2, 0) is 0 Å². The predicted octanol–water partition coefficient (Wildman–Crippen LogP) is 1.00. The average molecular weight is 264 g/mol. The first-order chi connectivity index (χ1) is 8.22. The lowest BCUT2D eigenvalue weighted by Crippen LogP contribution is -2.04. The van der Waals surface area contributed by atoms with Gasteiger partial charge >= 0.3 is 0 Å². The van der Waals surface area contributed by atoms with E-state index in [-0.39, 0.29) is 24.3 Å². The molecule has 0 amide bonds. The van der Waals surface area contributed by atoms with Crippen LogP contribution in [0.5, 0.6) is 0 Å². The lowest BCUT2D eigenvalue weighted by Gasteiger charge is -2.02. The van der Waals surface area contributed by atoms with Crippen LogP contribution in [0.3, 0.4) is 0 Å². The molecule has 0 saturated carbocycles. The molecule has 0 fully saturated rings. The molecule has 0 atom stereocenters. The molecule has 2 aromatic heterocycles. The third-order valence-electron chi connectivity index (χ3n) is 2.37. The third kappa shape index (κ3) is 2.03. The summed E-state index contributed by atoms with van der Waals surface area (Å²) in [5.74, 6) is 0.668. The zero-order valence-electron chi connectivity index (χ0n) is 9.16. The molecule has 8 heteroatoms. The second-order valence-electron chi connectivity index (χ2n) is 3.55. The molecule has 0 aliphatic carbocycles. The molecule has 0 aliphatic rings. The van der Waals surface area contributed by atoms with Crippen molar-refractivity contribution in [3.05, 3.63) is 24.4 Å². The summed E-state index contributed by atoms with van der Waals surface area (Å²) in [5, 5.41) is 7.84. The van der Waals surface area contributed by atoms with Gasteiger partial charge in [-0.2, -0.15) is 20.1 Å². The molecule has 2 heterocycles. The van der Waals surface area contributed by atoms with Crippen molar-refractivity contribution < 1.29 is 0 Å². The smallest absolute Gasteiger partial charge is 0.225 e. The predicted molar refractivity (Wildman–Crippen MR) is 71.0 cm³/mol. The maximum absolute atomic E-state index is 5.53. The van der Waals surface area contributed by atoms with E-state index in [4.69, 9.17) is 11.5 Å². The molecular formula is C10H10ClN7. The zero-order chi connectivity index (χ0) is 11.8. The van der Waals surface area contributed by atoms with Crippen LogP contribution in [0.4, 0.5) is 11.9 Å². The summed E-state index contributed by atoms with van der Waals surface area (Å²) in [7, 11) is 0. The van der Waals surface area contributed by atoms with Gasteiger partial charge < -0.3 is 11.5 Å². The monoisotopic (exact) mass is 263 g/mol. The lowest BCUT2D eigenvalue weighted by atomic mass is 10.1. The number of fused-ring (bicyclic) bond motifs is 1. The standard InChI is InChI=1S/C10H9N7.ClH/c11-9-14-8(15-10(12)16-9)5-1-2-6-4-13-17-7(6)3-5;/h1-4H,(H,13,17)(H4,11,12,14,15,16);1H. The molecule has 92 valence electrons. The second-order valence-corrected chi connectivity index (χ2v) is 3.55. The van der Waals surface area contributed by atoms with Crippen LogP contribution in [0.15, 0.2) is 24.4 Å². The van der Waals surface area contributed by atoms with Gasteiger partial charge in [-0.3, -0.25) is 5.10 Å². The Morgan fingerprint density at radius 2 is 1.72 bits per heavy atom. The molecular weight excluding hydrogens is 254 g/mol. The molecule has 0 saturated heterocycles. The van der Waals surface area contributed by atoms with E-state index < -0.39 is 0 Å². The van der Waals surface area contributed by atoms with Crippen LogP contribution in [0.1, 0.15) is 0 Å². The van der Waals surface area contributed by atoms with Crippen molar-refractivity contribution in [2.45, 2.75) is 0 Å². The van der Waals surface area contributed by atoms with E-state index in [0.717, 1.165) is 16.5 Å². The Morgan fingerprint density at radius 3 is 2.44 bits per heavy atom. The van der Waals surface area contributed by atoms with Gasteiger partial charge in [0, 0.05) is 10.9 Å². The summed E-state index contributed by atoms with van der Waals surface area (Å²) in [6.45, 7) is 0. The SMILES string of the molecule is Cl.Nc1nc(N)nc(-c2ccc3cn[nH]c3c2)n1. The largest absolute Gasteiger partial charge is 0.368 e. The maximum atomic E-state index is 5.53. The van der Waals surface area contributed by atoms with Crippen LogP contribution in [0, 0.1) is 0 Å².